The Labute approximate surface area is 138 Å². The molecule has 0 heterocycles. The molecule has 0 saturated heterocycles. The first-order valence-electron chi connectivity index (χ1n) is 3.11. The molecule has 0 aromatic rings. The van der Waals surface area contributed by atoms with Gasteiger partial charge in [0.2, 0.25) is 0 Å². The molecule has 0 aromatic heterocycles. The third-order valence-electron chi connectivity index (χ3n) is 1.25. The Bertz CT molecular complexity index is 238. The topological polar surface area (TPSA) is 141 Å². The maximum Gasteiger partial charge on any atom is 3.00 e. The molecule has 1 N–H and O–H groups in total. The Hall–Kier alpha value is 0.539. The van der Waals surface area contributed by atoms with Crippen molar-refractivity contribution in [3.63, 3.8) is 0 Å². The summed E-state index contributed by atoms with van der Waals surface area (Å²) in [5, 5.41) is 38.9. The quantitative estimate of drug-likeness (QED) is 0.481. The van der Waals surface area contributed by atoms with Crippen LogP contribution in [0.4, 0.5) is 0 Å². The molecule has 0 radical (unpaired) electrons. The molecule has 0 atom stereocenters. The van der Waals surface area contributed by atoms with Crippen LogP contribution in [0.2, 0.25) is 0 Å². The minimum Gasteiger partial charge on any atom is -0.550 e. The fraction of sp³-hybridized carbons (Fsp3) is 0.500. The number of carboxylic acids is 3. The average Bonchev–Trinajstić information content (AvgIpc) is 1.82. The van der Waals surface area contributed by atoms with Gasteiger partial charge in [0.1, 0.15) is 5.60 Å². The molecule has 0 amide bonds. The van der Waals surface area contributed by atoms with Crippen molar-refractivity contribution in [3.05, 3.63) is 0 Å². The second kappa shape index (κ2) is 8.66. The number of rotatable bonds is 5. The fourth-order valence-corrected chi connectivity index (χ4v) is 0.684. The fourth-order valence-electron chi connectivity index (χ4n) is 0.684. The molecular weight excluding hydrogens is 250 g/mol. The molecule has 9 heteroatoms. The van der Waals surface area contributed by atoms with Crippen LogP contribution < -0.4 is 66.7 Å². The van der Waals surface area contributed by atoms with Crippen molar-refractivity contribution in [3.8, 4) is 0 Å². The summed E-state index contributed by atoms with van der Waals surface area (Å²) in [4.78, 5) is 30.0. The van der Waals surface area contributed by atoms with Gasteiger partial charge in [-0.05, 0) is 0 Å². The Balaban J connectivity index is -0.000000720. The molecule has 74 valence electrons. The van der Waals surface area contributed by atoms with Crippen molar-refractivity contribution >= 4 is 35.3 Å². The van der Waals surface area contributed by atoms with Gasteiger partial charge < -0.3 is 34.8 Å². The summed E-state index contributed by atoms with van der Waals surface area (Å²) in [6.45, 7) is 0. The van der Waals surface area contributed by atoms with Crippen LogP contribution in [-0.4, -0.2) is 46.0 Å². The molecule has 0 spiro atoms. The summed E-state index contributed by atoms with van der Waals surface area (Å²) in [5.41, 5.74) is -2.97. The maximum absolute atomic E-state index is 10.1. The van der Waals surface area contributed by atoms with Gasteiger partial charge in [0.15, 0.2) is 0 Å². The summed E-state index contributed by atoms with van der Waals surface area (Å²) in [6.07, 6.45) is -2.72. The maximum atomic E-state index is 10.1. The van der Waals surface area contributed by atoms with Crippen molar-refractivity contribution in [2.45, 2.75) is 18.4 Å². The van der Waals surface area contributed by atoms with Gasteiger partial charge in [0, 0.05) is 24.8 Å². The van der Waals surface area contributed by atoms with E-state index in [2.05, 4.69) is 0 Å². The predicted octanol–water partition coefficient (Wildman–Crippen LogP) is -8.63. The van der Waals surface area contributed by atoms with Crippen LogP contribution in [0, 0.1) is 0 Å². The van der Waals surface area contributed by atoms with Crippen LogP contribution in [0.5, 0.6) is 0 Å². The first-order valence-corrected chi connectivity index (χ1v) is 3.11. The molecule has 0 saturated carbocycles. The minimum absolute atomic E-state index is 0. The zero-order valence-electron chi connectivity index (χ0n) is 7.89. The van der Waals surface area contributed by atoms with E-state index in [-0.39, 0.29) is 68.7 Å². The standard InChI is InChI=1S/C6H8O7.Al.K/c7-3(8)1-6(13,5(11)12)2-4(9)10;;/h13H,1-2H2,(H,7,8)(H,9,10)(H,11,12);;/q;+3;+1/p-3. The third kappa shape index (κ3) is 8.36. The van der Waals surface area contributed by atoms with Gasteiger partial charge in [-0.25, -0.2) is 0 Å². The monoisotopic (exact) mass is 255 g/mol. The van der Waals surface area contributed by atoms with Crippen molar-refractivity contribution in [2.75, 3.05) is 0 Å². The number of hydrogen-bond donors (Lipinski definition) is 1. The Morgan fingerprint density at radius 2 is 1.27 bits per heavy atom. The second-order valence-corrected chi connectivity index (χ2v) is 2.42. The van der Waals surface area contributed by atoms with E-state index >= 15 is 0 Å². The molecule has 0 aliphatic heterocycles. The van der Waals surface area contributed by atoms with Gasteiger partial charge in [0.05, 0.1) is 5.97 Å². The van der Waals surface area contributed by atoms with Crippen molar-refractivity contribution in [1.29, 1.82) is 0 Å². The van der Waals surface area contributed by atoms with Gasteiger partial charge in [0.25, 0.3) is 0 Å². The SMILES string of the molecule is O=C([O-])CC(O)(CC(=O)[O-])C(=O)[O-].[Al+3].[K+]. The van der Waals surface area contributed by atoms with Crippen molar-refractivity contribution in [1.82, 2.24) is 0 Å². The smallest absolute Gasteiger partial charge is 0.550 e. The van der Waals surface area contributed by atoms with E-state index in [0.717, 1.165) is 0 Å². The molecule has 7 nitrogen and oxygen atoms in total. The molecule has 15 heavy (non-hydrogen) atoms. The first kappa shape index (κ1) is 20.9. The predicted molar refractivity (Wildman–Crippen MR) is 35.0 cm³/mol. The largest absolute Gasteiger partial charge is 3.00 e. The van der Waals surface area contributed by atoms with Crippen LogP contribution in [0.1, 0.15) is 12.8 Å². The number of aliphatic hydroxyl groups is 1. The van der Waals surface area contributed by atoms with Gasteiger partial charge in [-0.2, -0.15) is 0 Å². The van der Waals surface area contributed by atoms with Crippen LogP contribution >= 0.6 is 0 Å². The minimum atomic E-state index is -2.97. The normalized spacial score (nSPS) is 9.40. The van der Waals surface area contributed by atoms with Crippen LogP contribution in [0.3, 0.4) is 0 Å². The van der Waals surface area contributed by atoms with Crippen molar-refractivity contribution in [2.24, 2.45) is 0 Å². The average molecular weight is 255 g/mol. The summed E-state index contributed by atoms with van der Waals surface area (Å²) < 4.78 is 0. The van der Waals surface area contributed by atoms with E-state index in [1.807, 2.05) is 0 Å². The summed E-state index contributed by atoms with van der Waals surface area (Å²) >= 11 is 0. The molecule has 0 aliphatic carbocycles. The molecule has 0 unspecified atom stereocenters. The number of carbonyl (C=O) groups is 3. The van der Waals surface area contributed by atoms with Gasteiger partial charge in [-0.1, -0.05) is 0 Å². The summed E-state index contributed by atoms with van der Waals surface area (Å²) in [7, 11) is 0. The molecule has 0 rings (SSSR count). The molecule has 0 aromatic carbocycles. The van der Waals surface area contributed by atoms with E-state index in [1.54, 1.807) is 0 Å². The number of carboxylic acid groups (broad SMARTS) is 3. The summed E-state index contributed by atoms with van der Waals surface area (Å²) in [6, 6.07) is 0. The Kier molecular flexibility index (Phi) is 12.1. The van der Waals surface area contributed by atoms with Gasteiger partial charge in [-0.15, -0.1) is 0 Å². The van der Waals surface area contributed by atoms with Crippen LogP contribution in [0.25, 0.3) is 0 Å². The van der Waals surface area contributed by atoms with E-state index in [0.29, 0.717) is 0 Å². The summed E-state index contributed by atoms with van der Waals surface area (Å²) in [5.74, 6) is -5.98. The second-order valence-electron chi connectivity index (χ2n) is 2.42. The zero-order chi connectivity index (χ0) is 10.6. The van der Waals surface area contributed by atoms with E-state index in [1.165, 1.54) is 0 Å². The number of aliphatic carboxylic acids is 3. The van der Waals surface area contributed by atoms with E-state index in [4.69, 9.17) is 5.11 Å². The number of carbonyl (C=O) groups excluding carboxylic acids is 3. The molecule has 0 aliphatic rings. The van der Waals surface area contributed by atoms with Crippen molar-refractivity contribution < 1.29 is 86.2 Å². The number of hydrogen-bond acceptors (Lipinski definition) is 7. The van der Waals surface area contributed by atoms with Gasteiger partial charge >= 0.3 is 68.7 Å². The van der Waals surface area contributed by atoms with Crippen LogP contribution in [0.15, 0.2) is 0 Å². The molecular formula is C6H5AlKO7+. The third-order valence-corrected chi connectivity index (χ3v) is 1.25. The van der Waals surface area contributed by atoms with E-state index < -0.39 is 36.4 Å². The molecule has 0 bridgehead atoms. The molecule has 0 fully saturated rings. The Morgan fingerprint density at radius 1 is 1.00 bits per heavy atom. The van der Waals surface area contributed by atoms with E-state index in [9.17, 15) is 29.7 Å². The first-order chi connectivity index (χ1) is 5.78. The van der Waals surface area contributed by atoms with Crippen LogP contribution in [-0.2, 0) is 14.4 Å². The van der Waals surface area contributed by atoms with Gasteiger partial charge in [-0.3, -0.25) is 0 Å². The Morgan fingerprint density at radius 3 is 1.40 bits per heavy atom. The zero-order valence-corrected chi connectivity index (χ0v) is 12.2.